The van der Waals surface area contributed by atoms with Gasteiger partial charge in [-0.15, -0.1) is 12.3 Å². The van der Waals surface area contributed by atoms with E-state index in [2.05, 4.69) is 5.92 Å². The summed E-state index contributed by atoms with van der Waals surface area (Å²) >= 11 is 0. The van der Waals surface area contributed by atoms with Gasteiger partial charge in [-0.05, 0) is 26.0 Å². The normalized spacial score (nSPS) is 11.3. The van der Waals surface area contributed by atoms with Crippen molar-refractivity contribution in [2.45, 2.75) is 37.7 Å². The molecule has 0 aliphatic rings. The summed E-state index contributed by atoms with van der Waals surface area (Å²) in [6.45, 7) is 3.25. The quantitative estimate of drug-likeness (QED) is 0.456. The first-order valence-electron chi connectivity index (χ1n) is 5.87. The molecule has 1 aromatic carbocycles. The van der Waals surface area contributed by atoms with E-state index in [1.165, 1.54) is 18.2 Å². The molecule has 0 saturated heterocycles. The lowest BCUT2D eigenvalue weighted by Gasteiger charge is -2.09. The Morgan fingerprint density at radius 1 is 1.42 bits per heavy atom. The highest BCUT2D eigenvalue weighted by molar-refractivity contribution is 7.86. The van der Waals surface area contributed by atoms with E-state index in [1.807, 2.05) is 0 Å². The highest BCUT2D eigenvalue weighted by atomic mass is 32.2. The summed E-state index contributed by atoms with van der Waals surface area (Å²) in [5.41, 5.74) is 0.323. The summed E-state index contributed by atoms with van der Waals surface area (Å²) in [7, 11) is -3.83. The first-order valence-corrected chi connectivity index (χ1v) is 7.27. The number of hydrogen-bond donors (Lipinski definition) is 0. The van der Waals surface area contributed by atoms with Crippen molar-refractivity contribution in [2.24, 2.45) is 0 Å². The van der Waals surface area contributed by atoms with E-state index >= 15 is 0 Å². The number of terminal acetylenes is 1. The molecule has 5 heteroatoms. The monoisotopic (exact) mass is 280 g/mol. The Hall–Kier alpha value is -1.64. The molecule has 4 nitrogen and oxygen atoms in total. The van der Waals surface area contributed by atoms with Gasteiger partial charge in [0.05, 0.1) is 11.0 Å². The van der Waals surface area contributed by atoms with Gasteiger partial charge in [0.1, 0.15) is 0 Å². The van der Waals surface area contributed by atoms with Gasteiger partial charge in [-0.3, -0.25) is 8.98 Å². The molecule has 0 atom stereocenters. The fraction of sp³-hybridized carbons (Fsp3) is 0.357. The van der Waals surface area contributed by atoms with Crippen LogP contribution in [0, 0.1) is 12.3 Å². The molecule has 0 radical (unpaired) electrons. The van der Waals surface area contributed by atoms with Crippen LogP contribution in [0.5, 0.6) is 0 Å². The highest BCUT2D eigenvalue weighted by Crippen LogP contribution is 2.17. The molecule has 0 aliphatic heterocycles. The Morgan fingerprint density at radius 2 is 2.11 bits per heavy atom. The summed E-state index contributed by atoms with van der Waals surface area (Å²) < 4.78 is 28.6. The van der Waals surface area contributed by atoms with E-state index in [-0.39, 0.29) is 17.1 Å². The zero-order chi connectivity index (χ0) is 14.5. The topological polar surface area (TPSA) is 60.4 Å². The van der Waals surface area contributed by atoms with Gasteiger partial charge >= 0.3 is 0 Å². The van der Waals surface area contributed by atoms with E-state index in [4.69, 9.17) is 10.6 Å². The first kappa shape index (κ1) is 15.4. The summed E-state index contributed by atoms with van der Waals surface area (Å²) in [5.74, 6) is 2.19. The molecule has 0 spiro atoms. The molecular weight excluding hydrogens is 264 g/mol. The average Bonchev–Trinajstić information content (AvgIpc) is 2.34. The van der Waals surface area contributed by atoms with Crippen molar-refractivity contribution in [2.75, 3.05) is 0 Å². The molecule has 102 valence electrons. The van der Waals surface area contributed by atoms with Crippen molar-refractivity contribution in [3.63, 3.8) is 0 Å². The Morgan fingerprint density at radius 3 is 2.68 bits per heavy atom. The van der Waals surface area contributed by atoms with Gasteiger partial charge in [0.15, 0.2) is 5.78 Å². The van der Waals surface area contributed by atoms with Crippen LogP contribution in [0.4, 0.5) is 0 Å². The highest BCUT2D eigenvalue weighted by Gasteiger charge is 2.18. The van der Waals surface area contributed by atoms with Gasteiger partial charge in [0.2, 0.25) is 0 Å². The smallest absolute Gasteiger partial charge is 0.294 e. The van der Waals surface area contributed by atoms with Crippen LogP contribution in [-0.4, -0.2) is 20.3 Å². The largest absolute Gasteiger partial charge is 0.297 e. The Kier molecular flexibility index (Phi) is 5.28. The van der Waals surface area contributed by atoms with Crippen molar-refractivity contribution in [1.82, 2.24) is 0 Å². The second-order valence-electron chi connectivity index (χ2n) is 4.25. The standard InChI is InChI=1S/C14H16O4S/c1-4-5-9-14(15)12-7-6-8-13(10-12)19(16,17)18-11(2)3/h1,6-8,10-11H,5,9H2,2-3H3. The lowest BCUT2D eigenvalue weighted by atomic mass is 10.1. The first-order chi connectivity index (χ1) is 8.86. The van der Waals surface area contributed by atoms with Gasteiger partial charge in [0.25, 0.3) is 10.1 Å². The summed E-state index contributed by atoms with van der Waals surface area (Å²) in [4.78, 5) is 11.8. The van der Waals surface area contributed by atoms with Crippen LogP contribution in [0.3, 0.4) is 0 Å². The summed E-state index contributed by atoms with van der Waals surface area (Å²) in [6.07, 6.45) is 5.17. The molecule has 0 aliphatic carbocycles. The number of carbonyl (C=O) groups excluding carboxylic acids is 1. The van der Waals surface area contributed by atoms with Crippen LogP contribution in [0.2, 0.25) is 0 Å². The zero-order valence-electron chi connectivity index (χ0n) is 10.9. The Labute approximate surface area is 113 Å². The van der Waals surface area contributed by atoms with E-state index in [0.29, 0.717) is 12.0 Å². The molecule has 0 heterocycles. The number of rotatable bonds is 6. The fourth-order valence-electron chi connectivity index (χ4n) is 1.46. The van der Waals surface area contributed by atoms with Crippen molar-refractivity contribution in [1.29, 1.82) is 0 Å². The van der Waals surface area contributed by atoms with Crippen molar-refractivity contribution >= 4 is 15.9 Å². The van der Waals surface area contributed by atoms with Crippen LogP contribution >= 0.6 is 0 Å². The van der Waals surface area contributed by atoms with Crippen molar-refractivity contribution in [3.05, 3.63) is 29.8 Å². The van der Waals surface area contributed by atoms with E-state index in [1.54, 1.807) is 19.9 Å². The van der Waals surface area contributed by atoms with E-state index in [0.717, 1.165) is 0 Å². The van der Waals surface area contributed by atoms with Gasteiger partial charge in [-0.1, -0.05) is 12.1 Å². The van der Waals surface area contributed by atoms with Gasteiger partial charge in [-0.25, -0.2) is 0 Å². The predicted octanol–water partition coefficient (Wildman–Crippen LogP) is 2.40. The van der Waals surface area contributed by atoms with Crippen LogP contribution in [-0.2, 0) is 14.3 Å². The van der Waals surface area contributed by atoms with E-state index < -0.39 is 16.2 Å². The number of Topliss-reactive ketones (excluding diaryl/α,β-unsaturated/α-hetero) is 1. The van der Waals surface area contributed by atoms with Gasteiger partial charge in [-0.2, -0.15) is 8.42 Å². The van der Waals surface area contributed by atoms with Crippen LogP contribution in [0.15, 0.2) is 29.2 Å². The van der Waals surface area contributed by atoms with Crippen LogP contribution in [0.1, 0.15) is 37.0 Å². The third-order valence-corrected chi connectivity index (χ3v) is 3.73. The minimum absolute atomic E-state index is 0.0206. The van der Waals surface area contributed by atoms with Gasteiger partial charge < -0.3 is 0 Å². The second kappa shape index (κ2) is 6.50. The lowest BCUT2D eigenvalue weighted by molar-refractivity contribution is 0.0984. The lowest BCUT2D eigenvalue weighted by Crippen LogP contribution is -2.13. The second-order valence-corrected chi connectivity index (χ2v) is 5.83. The minimum atomic E-state index is -3.83. The molecule has 0 amide bonds. The molecule has 0 N–H and O–H groups in total. The zero-order valence-corrected chi connectivity index (χ0v) is 11.7. The molecular formula is C14H16O4S. The van der Waals surface area contributed by atoms with Crippen molar-refractivity contribution < 1.29 is 17.4 Å². The summed E-state index contributed by atoms with van der Waals surface area (Å²) in [5, 5.41) is 0. The minimum Gasteiger partial charge on any atom is -0.294 e. The maximum Gasteiger partial charge on any atom is 0.297 e. The molecule has 0 unspecified atom stereocenters. The number of ketones is 1. The number of carbonyl (C=O) groups is 1. The molecule has 0 aromatic heterocycles. The van der Waals surface area contributed by atoms with Crippen molar-refractivity contribution in [3.8, 4) is 12.3 Å². The number of benzene rings is 1. The Balaban J connectivity index is 3.01. The maximum absolute atomic E-state index is 11.9. The van der Waals surface area contributed by atoms with E-state index in [9.17, 15) is 13.2 Å². The molecule has 1 aromatic rings. The average molecular weight is 280 g/mol. The number of hydrogen-bond acceptors (Lipinski definition) is 4. The summed E-state index contributed by atoms with van der Waals surface area (Å²) in [6, 6.07) is 5.79. The Bertz CT molecular complexity index is 594. The maximum atomic E-state index is 11.9. The third-order valence-electron chi connectivity index (χ3n) is 2.26. The predicted molar refractivity (Wildman–Crippen MR) is 72.2 cm³/mol. The van der Waals surface area contributed by atoms with Gasteiger partial charge in [0, 0.05) is 18.4 Å². The SMILES string of the molecule is C#CCCC(=O)c1cccc(S(=O)(=O)OC(C)C)c1. The third kappa shape index (κ3) is 4.51. The molecule has 1 rings (SSSR count). The molecule has 19 heavy (non-hydrogen) atoms. The van der Waals surface area contributed by atoms with Crippen LogP contribution in [0.25, 0.3) is 0 Å². The molecule has 0 fully saturated rings. The molecule has 0 bridgehead atoms. The fourth-order valence-corrected chi connectivity index (χ4v) is 2.60. The molecule has 0 saturated carbocycles. The van der Waals surface area contributed by atoms with Crippen LogP contribution < -0.4 is 0 Å².